The van der Waals surface area contributed by atoms with Crippen LogP contribution in [0, 0.1) is 29.1 Å². The summed E-state index contributed by atoms with van der Waals surface area (Å²) in [5, 5.41) is 19.9. The lowest BCUT2D eigenvalue weighted by atomic mass is 9.61. The largest absolute Gasteiger partial charge is 0.393 e. The number of aliphatic hydroxyl groups is 2. The first-order valence-corrected chi connectivity index (χ1v) is 12.5. The molecular weight excluding hydrogens is 396 g/mol. The average Bonchev–Trinajstić information content (AvgIpc) is 3.29. The predicted molar refractivity (Wildman–Crippen MR) is 120 cm³/mol. The molecule has 176 valence electrons. The van der Waals surface area contributed by atoms with Crippen LogP contribution in [0.15, 0.2) is 23.3 Å². The smallest absolute Gasteiger partial charge is 0.242 e. The Labute approximate surface area is 186 Å². The van der Waals surface area contributed by atoms with Crippen LogP contribution in [0.3, 0.4) is 0 Å². The molecule has 3 aliphatic carbocycles. The fourth-order valence-corrected chi connectivity index (χ4v) is 7.51. The fourth-order valence-electron chi connectivity index (χ4n) is 7.51. The van der Waals surface area contributed by atoms with E-state index in [1.807, 2.05) is 0 Å². The van der Waals surface area contributed by atoms with Crippen LogP contribution in [0.2, 0.25) is 0 Å². The van der Waals surface area contributed by atoms with Crippen molar-refractivity contribution >= 4 is 0 Å². The Morgan fingerprint density at radius 3 is 2.55 bits per heavy atom. The number of halogens is 2. The zero-order valence-electron chi connectivity index (χ0n) is 19.3. The number of hydrogen-bond donors (Lipinski definition) is 2. The Bertz CT molecular complexity index is 681. The number of hydrogen-bond acceptors (Lipinski definition) is 3. The Balaban J connectivity index is 1.41. The average molecular weight is 438 g/mol. The van der Waals surface area contributed by atoms with Crippen molar-refractivity contribution in [3.05, 3.63) is 23.3 Å². The van der Waals surface area contributed by atoms with E-state index in [0.29, 0.717) is 55.4 Å². The molecule has 0 amide bonds. The predicted octanol–water partition coefficient (Wildman–Crippen LogP) is 5.18. The fraction of sp³-hybridized carbons (Fsp3) is 0.846. The molecule has 4 fully saturated rings. The maximum absolute atomic E-state index is 13.1. The second-order valence-electron chi connectivity index (χ2n) is 11.2. The van der Waals surface area contributed by atoms with Gasteiger partial charge in [-0.3, -0.25) is 0 Å². The highest BCUT2D eigenvalue weighted by Gasteiger charge is 2.51. The SMILES string of the molecule is C[C@@H](CN1CC[C@H](C(F)F)C1)[C@H]1CC[C@H]2/C(=C/C=C3C[C@@H](O)C[C@@H](O)C3)CCC[C@]12C. The number of rotatable bonds is 5. The van der Waals surface area contributed by atoms with Crippen molar-refractivity contribution in [1.29, 1.82) is 0 Å². The minimum Gasteiger partial charge on any atom is -0.393 e. The summed E-state index contributed by atoms with van der Waals surface area (Å²) in [5.41, 5.74) is 3.01. The van der Waals surface area contributed by atoms with Gasteiger partial charge in [0, 0.05) is 19.0 Å². The first-order chi connectivity index (χ1) is 14.8. The van der Waals surface area contributed by atoms with Crippen LogP contribution in [0.5, 0.6) is 0 Å². The first-order valence-electron chi connectivity index (χ1n) is 12.5. The van der Waals surface area contributed by atoms with Gasteiger partial charge in [0.25, 0.3) is 0 Å². The molecular formula is C26H41F2NO2. The summed E-state index contributed by atoms with van der Waals surface area (Å²) in [7, 11) is 0. The van der Waals surface area contributed by atoms with Gasteiger partial charge in [0.2, 0.25) is 6.43 Å². The van der Waals surface area contributed by atoms with E-state index in [2.05, 4.69) is 30.9 Å². The van der Waals surface area contributed by atoms with Crippen molar-refractivity contribution in [2.75, 3.05) is 19.6 Å². The van der Waals surface area contributed by atoms with Gasteiger partial charge >= 0.3 is 0 Å². The Morgan fingerprint density at radius 1 is 1.13 bits per heavy atom. The van der Waals surface area contributed by atoms with Gasteiger partial charge < -0.3 is 15.1 Å². The minimum atomic E-state index is -2.18. The van der Waals surface area contributed by atoms with Crippen molar-refractivity contribution in [2.24, 2.45) is 29.1 Å². The molecule has 1 heterocycles. The van der Waals surface area contributed by atoms with Crippen molar-refractivity contribution in [3.63, 3.8) is 0 Å². The molecule has 31 heavy (non-hydrogen) atoms. The quantitative estimate of drug-likeness (QED) is 0.623. The second-order valence-corrected chi connectivity index (χ2v) is 11.2. The molecule has 0 aromatic rings. The molecule has 0 radical (unpaired) electrons. The molecule has 1 saturated heterocycles. The highest BCUT2D eigenvalue weighted by Crippen LogP contribution is 2.59. The Kier molecular flexibility index (Phi) is 7.24. The van der Waals surface area contributed by atoms with Crippen molar-refractivity contribution in [3.8, 4) is 0 Å². The number of alkyl halides is 2. The van der Waals surface area contributed by atoms with Crippen LogP contribution in [-0.2, 0) is 0 Å². The van der Waals surface area contributed by atoms with E-state index in [4.69, 9.17) is 0 Å². The van der Waals surface area contributed by atoms with E-state index in [1.165, 1.54) is 25.7 Å². The number of nitrogens with zero attached hydrogens (tertiary/aromatic N) is 1. The van der Waals surface area contributed by atoms with Crippen LogP contribution in [-0.4, -0.2) is 53.4 Å². The van der Waals surface area contributed by atoms with Crippen LogP contribution in [0.25, 0.3) is 0 Å². The maximum atomic E-state index is 13.1. The lowest BCUT2D eigenvalue weighted by molar-refractivity contribution is 0.0609. The number of fused-ring (bicyclic) bond motifs is 1. The molecule has 2 N–H and O–H groups in total. The minimum absolute atomic E-state index is 0.301. The number of aliphatic hydroxyl groups excluding tert-OH is 2. The van der Waals surface area contributed by atoms with Crippen molar-refractivity contribution in [2.45, 2.75) is 90.3 Å². The summed E-state index contributed by atoms with van der Waals surface area (Å²) in [6.45, 7) is 7.16. The van der Waals surface area contributed by atoms with E-state index in [9.17, 15) is 19.0 Å². The Hall–Kier alpha value is -0.780. The van der Waals surface area contributed by atoms with Crippen LogP contribution in [0.4, 0.5) is 8.78 Å². The first kappa shape index (κ1) is 23.4. The van der Waals surface area contributed by atoms with E-state index >= 15 is 0 Å². The lowest BCUT2D eigenvalue weighted by Crippen LogP contribution is -2.39. The number of allylic oxidation sites excluding steroid dienone is 3. The van der Waals surface area contributed by atoms with Gasteiger partial charge in [-0.25, -0.2) is 8.78 Å². The number of likely N-dealkylation sites (tertiary alicyclic amines) is 1. The Morgan fingerprint density at radius 2 is 1.87 bits per heavy atom. The molecule has 0 spiro atoms. The maximum Gasteiger partial charge on any atom is 0.242 e. The zero-order valence-corrected chi connectivity index (χ0v) is 19.3. The summed E-state index contributed by atoms with van der Waals surface area (Å²) in [6, 6.07) is 0. The molecule has 4 rings (SSSR count). The van der Waals surface area contributed by atoms with E-state index in [1.54, 1.807) is 5.57 Å². The topological polar surface area (TPSA) is 43.7 Å². The summed E-state index contributed by atoms with van der Waals surface area (Å²) in [4.78, 5) is 2.28. The molecule has 7 atom stereocenters. The monoisotopic (exact) mass is 437 g/mol. The highest BCUT2D eigenvalue weighted by molar-refractivity contribution is 5.26. The molecule has 0 aromatic carbocycles. The normalized spacial score (nSPS) is 43.1. The van der Waals surface area contributed by atoms with Gasteiger partial charge in [-0.1, -0.05) is 37.1 Å². The molecule has 0 unspecified atom stereocenters. The van der Waals surface area contributed by atoms with Gasteiger partial charge in [0.05, 0.1) is 12.2 Å². The van der Waals surface area contributed by atoms with Gasteiger partial charge in [0.15, 0.2) is 0 Å². The molecule has 5 heteroatoms. The van der Waals surface area contributed by atoms with Crippen LogP contribution in [0.1, 0.15) is 71.6 Å². The van der Waals surface area contributed by atoms with Crippen LogP contribution >= 0.6 is 0 Å². The van der Waals surface area contributed by atoms with E-state index in [-0.39, 0.29) is 0 Å². The van der Waals surface area contributed by atoms with Gasteiger partial charge in [-0.2, -0.15) is 0 Å². The summed E-state index contributed by atoms with van der Waals surface area (Å²) in [5.74, 6) is 1.36. The molecule has 3 saturated carbocycles. The van der Waals surface area contributed by atoms with Gasteiger partial charge in [-0.05, 0) is 87.5 Å². The third kappa shape index (κ3) is 5.09. The third-order valence-electron chi connectivity index (χ3n) is 9.01. The standard InChI is InChI=1S/C26H41F2NO2/c1-17(15-29-11-9-20(16-29)25(27)28)23-7-8-24-19(4-3-10-26(23,24)2)6-5-18-12-21(30)14-22(31)13-18/h5-6,17,20-25,30-31H,3-4,7-16H2,1-2H3/b18-5?,19-6+/t17-,20-,21-,22+,23+,24-,26+/m0/s1. The summed E-state index contributed by atoms with van der Waals surface area (Å²) < 4.78 is 26.1. The molecule has 4 aliphatic rings. The third-order valence-corrected chi connectivity index (χ3v) is 9.01. The van der Waals surface area contributed by atoms with Crippen molar-refractivity contribution < 1.29 is 19.0 Å². The summed E-state index contributed by atoms with van der Waals surface area (Å²) in [6.07, 6.45) is 10.0. The van der Waals surface area contributed by atoms with Crippen LogP contribution < -0.4 is 0 Å². The van der Waals surface area contributed by atoms with Crippen molar-refractivity contribution in [1.82, 2.24) is 4.90 Å². The second kappa shape index (κ2) is 9.61. The summed E-state index contributed by atoms with van der Waals surface area (Å²) >= 11 is 0. The highest BCUT2D eigenvalue weighted by atomic mass is 19.3. The van der Waals surface area contributed by atoms with Gasteiger partial charge in [-0.15, -0.1) is 0 Å². The van der Waals surface area contributed by atoms with Gasteiger partial charge in [0.1, 0.15) is 0 Å². The lowest BCUT2D eigenvalue weighted by Gasteiger charge is -2.45. The molecule has 3 nitrogen and oxygen atoms in total. The van der Waals surface area contributed by atoms with E-state index in [0.717, 1.165) is 25.1 Å². The molecule has 0 aromatic heterocycles. The molecule has 0 bridgehead atoms. The molecule has 1 aliphatic heterocycles. The zero-order chi connectivity index (χ0) is 22.2. The van der Waals surface area contributed by atoms with E-state index < -0.39 is 24.6 Å².